The van der Waals surface area contributed by atoms with Gasteiger partial charge in [-0.1, -0.05) is 25.1 Å². The second-order valence-electron chi connectivity index (χ2n) is 5.95. The normalized spacial score (nSPS) is 10.6. The van der Waals surface area contributed by atoms with Gasteiger partial charge in [0.2, 0.25) is 5.91 Å². The lowest BCUT2D eigenvalue weighted by molar-refractivity contribution is -0.123. The van der Waals surface area contributed by atoms with Crippen LogP contribution in [0.5, 0.6) is 5.75 Å². The van der Waals surface area contributed by atoms with Crippen molar-refractivity contribution in [3.8, 4) is 5.75 Å². The molecule has 0 spiro atoms. The molecule has 0 unspecified atom stereocenters. The Hall–Kier alpha value is -3.15. The van der Waals surface area contributed by atoms with E-state index >= 15 is 0 Å². The Morgan fingerprint density at radius 3 is 2.81 bits per heavy atom. The van der Waals surface area contributed by atoms with Crippen molar-refractivity contribution in [1.82, 2.24) is 15.6 Å². The van der Waals surface area contributed by atoms with Crippen LogP contribution in [0.4, 0.5) is 0 Å². The summed E-state index contributed by atoms with van der Waals surface area (Å²) >= 11 is 0. The summed E-state index contributed by atoms with van der Waals surface area (Å²) in [6.07, 6.45) is 8.16. The zero-order valence-corrected chi connectivity index (χ0v) is 15.5. The summed E-state index contributed by atoms with van der Waals surface area (Å²) in [5.74, 6) is 0.357. The Balaban J connectivity index is 1.73. The third-order valence-corrected chi connectivity index (χ3v) is 3.67. The van der Waals surface area contributed by atoms with E-state index in [0.717, 1.165) is 17.5 Å². The van der Waals surface area contributed by atoms with Crippen LogP contribution >= 0.6 is 0 Å². The summed E-state index contributed by atoms with van der Waals surface area (Å²) in [7, 11) is 0. The largest absolute Gasteiger partial charge is 0.484 e. The van der Waals surface area contributed by atoms with Crippen LogP contribution in [-0.2, 0) is 16.0 Å². The number of carbonyl (C=O) groups is 2. The second-order valence-corrected chi connectivity index (χ2v) is 5.95. The fraction of sp³-hybridized carbons (Fsp3) is 0.286. The Labute approximate surface area is 159 Å². The standard InChI is InChI=1S/C21H25N3O3/c1-2-11-23-21(26)16-27-19-7-3-5-17(14-19)10-13-24-20(25)9-8-18-6-4-12-22-15-18/h3-9,12,14-15H,2,10-11,13,16H2,1H3,(H,23,26)(H,24,25). The molecule has 1 aromatic carbocycles. The maximum absolute atomic E-state index is 11.8. The topological polar surface area (TPSA) is 80.3 Å². The number of nitrogens with zero attached hydrogens (tertiary/aromatic N) is 1. The smallest absolute Gasteiger partial charge is 0.257 e. The van der Waals surface area contributed by atoms with Crippen LogP contribution in [0.1, 0.15) is 24.5 Å². The van der Waals surface area contributed by atoms with Crippen molar-refractivity contribution < 1.29 is 14.3 Å². The van der Waals surface area contributed by atoms with E-state index in [1.165, 1.54) is 6.08 Å². The fourth-order valence-corrected chi connectivity index (χ4v) is 2.29. The first-order valence-corrected chi connectivity index (χ1v) is 9.01. The van der Waals surface area contributed by atoms with E-state index in [4.69, 9.17) is 4.74 Å². The molecule has 2 N–H and O–H groups in total. The summed E-state index contributed by atoms with van der Waals surface area (Å²) in [5.41, 5.74) is 1.90. The van der Waals surface area contributed by atoms with Crippen LogP contribution in [0.25, 0.3) is 6.08 Å². The minimum atomic E-state index is -0.154. The highest BCUT2D eigenvalue weighted by molar-refractivity contribution is 5.91. The molecule has 0 aliphatic rings. The van der Waals surface area contributed by atoms with Crippen LogP contribution < -0.4 is 15.4 Å². The molecule has 0 radical (unpaired) electrons. The Bertz CT molecular complexity index is 760. The molecule has 2 amide bonds. The molecular weight excluding hydrogens is 342 g/mol. The summed E-state index contributed by atoms with van der Waals surface area (Å²) in [6, 6.07) is 11.2. The number of pyridine rings is 1. The molecule has 1 heterocycles. The fourth-order valence-electron chi connectivity index (χ4n) is 2.29. The second kappa shape index (κ2) is 11.5. The molecule has 6 heteroatoms. The average molecular weight is 367 g/mol. The SMILES string of the molecule is CCCNC(=O)COc1cccc(CCNC(=O)C=Cc2cccnc2)c1. The number of carbonyl (C=O) groups excluding carboxylic acids is 2. The lowest BCUT2D eigenvalue weighted by atomic mass is 10.1. The number of ether oxygens (including phenoxy) is 1. The van der Waals surface area contributed by atoms with Crippen molar-refractivity contribution >= 4 is 17.9 Å². The zero-order chi connectivity index (χ0) is 19.3. The van der Waals surface area contributed by atoms with E-state index in [1.54, 1.807) is 18.5 Å². The van der Waals surface area contributed by atoms with Gasteiger partial charge in [-0.05, 0) is 48.2 Å². The average Bonchev–Trinajstić information content (AvgIpc) is 2.70. The quantitative estimate of drug-likeness (QED) is 0.632. The molecule has 0 aliphatic heterocycles. The molecule has 0 saturated heterocycles. The summed E-state index contributed by atoms with van der Waals surface area (Å²) in [4.78, 5) is 27.4. The minimum Gasteiger partial charge on any atom is -0.484 e. The van der Waals surface area contributed by atoms with Gasteiger partial charge in [-0.3, -0.25) is 14.6 Å². The molecule has 0 fully saturated rings. The highest BCUT2D eigenvalue weighted by atomic mass is 16.5. The van der Waals surface area contributed by atoms with Crippen LogP contribution in [0.15, 0.2) is 54.9 Å². The predicted octanol–water partition coefficient (Wildman–Crippen LogP) is 2.36. The number of rotatable bonds is 10. The molecular formula is C21H25N3O3. The number of hydrogen-bond acceptors (Lipinski definition) is 4. The third-order valence-electron chi connectivity index (χ3n) is 3.67. The van der Waals surface area contributed by atoms with Crippen molar-refractivity contribution in [2.45, 2.75) is 19.8 Å². The van der Waals surface area contributed by atoms with Gasteiger partial charge in [0.15, 0.2) is 6.61 Å². The van der Waals surface area contributed by atoms with E-state index in [2.05, 4.69) is 15.6 Å². The summed E-state index contributed by atoms with van der Waals surface area (Å²) in [6.45, 7) is 3.16. The molecule has 2 aromatic rings. The van der Waals surface area contributed by atoms with Crippen molar-refractivity contribution in [3.63, 3.8) is 0 Å². The minimum absolute atomic E-state index is 0.000668. The predicted molar refractivity (Wildman–Crippen MR) is 105 cm³/mol. The van der Waals surface area contributed by atoms with E-state index < -0.39 is 0 Å². The first-order chi connectivity index (χ1) is 13.2. The van der Waals surface area contributed by atoms with E-state index in [0.29, 0.717) is 25.3 Å². The van der Waals surface area contributed by atoms with E-state index in [1.807, 2.05) is 43.3 Å². The van der Waals surface area contributed by atoms with Gasteiger partial charge in [0.25, 0.3) is 5.91 Å². The Kier molecular flexibility index (Phi) is 8.56. The summed E-state index contributed by atoms with van der Waals surface area (Å²) < 4.78 is 5.50. The summed E-state index contributed by atoms with van der Waals surface area (Å²) in [5, 5.41) is 5.61. The Morgan fingerprint density at radius 1 is 1.15 bits per heavy atom. The van der Waals surface area contributed by atoms with Crippen LogP contribution in [0.3, 0.4) is 0 Å². The van der Waals surface area contributed by atoms with Gasteiger partial charge < -0.3 is 15.4 Å². The van der Waals surface area contributed by atoms with Gasteiger partial charge in [-0.15, -0.1) is 0 Å². The maximum atomic E-state index is 11.8. The van der Waals surface area contributed by atoms with Crippen LogP contribution in [0.2, 0.25) is 0 Å². The molecule has 0 bridgehead atoms. The number of amides is 2. The molecule has 0 atom stereocenters. The molecule has 142 valence electrons. The number of benzene rings is 1. The molecule has 1 aromatic heterocycles. The van der Waals surface area contributed by atoms with Gasteiger partial charge in [0.1, 0.15) is 5.75 Å². The van der Waals surface area contributed by atoms with Crippen LogP contribution in [-0.4, -0.2) is 36.5 Å². The molecule has 0 aliphatic carbocycles. The highest BCUT2D eigenvalue weighted by Gasteiger charge is 2.03. The third kappa shape index (κ3) is 8.18. The van der Waals surface area contributed by atoms with Gasteiger partial charge in [0, 0.05) is 31.6 Å². The monoisotopic (exact) mass is 367 g/mol. The number of hydrogen-bond donors (Lipinski definition) is 2. The van der Waals surface area contributed by atoms with Crippen molar-refractivity contribution in [2.75, 3.05) is 19.7 Å². The van der Waals surface area contributed by atoms with Crippen molar-refractivity contribution in [3.05, 3.63) is 66.0 Å². The molecule has 2 rings (SSSR count). The zero-order valence-electron chi connectivity index (χ0n) is 15.5. The first-order valence-electron chi connectivity index (χ1n) is 9.01. The van der Waals surface area contributed by atoms with Crippen molar-refractivity contribution in [2.24, 2.45) is 0 Å². The van der Waals surface area contributed by atoms with Gasteiger partial charge in [-0.25, -0.2) is 0 Å². The first kappa shape index (κ1) is 20.2. The van der Waals surface area contributed by atoms with Crippen LogP contribution in [0, 0.1) is 0 Å². The lowest BCUT2D eigenvalue weighted by Gasteiger charge is -2.08. The van der Waals surface area contributed by atoms with Gasteiger partial charge in [-0.2, -0.15) is 0 Å². The van der Waals surface area contributed by atoms with E-state index in [-0.39, 0.29) is 18.4 Å². The van der Waals surface area contributed by atoms with Gasteiger partial charge in [0.05, 0.1) is 0 Å². The number of nitrogens with one attached hydrogen (secondary N) is 2. The Morgan fingerprint density at radius 2 is 2.04 bits per heavy atom. The van der Waals surface area contributed by atoms with E-state index in [9.17, 15) is 9.59 Å². The van der Waals surface area contributed by atoms with Gasteiger partial charge >= 0.3 is 0 Å². The molecule has 6 nitrogen and oxygen atoms in total. The number of aromatic nitrogens is 1. The molecule has 27 heavy (non-hydrogen) atoms. The molecule has 0 saturated carbocycles. The lowest BCUT2D eigenvalue weighted by Crippen LogP contribution is -2.29. The van der Waals surface area contributed by atoms with Crippen molar-refractivity contribution in [1.29, 1.82) is 0 Å². The maximum Gasteiger partial charge on any atom is 0.257 e. The highest BCUT2D eigenvalue weighted by Crippen LogP contribution is 2.13.